The van der Waals surface area contributed by atoms with Gasteiger partial charge in [0.25, 0.3) is 0 Å². The van der Waals surface area contributed by atoms with Gasteiger partial charge in [-0.05, 0) is 0 Å². The van der Waals surface area contributed by atoms with Crippen LogP contribution in [0.4, 0.5) is 0 Å². The van der Waals surface area contributed by atoms with E-state index in [2.05, 4.69) is 105 Å². The SMILES string of the molecule is CC1=C(C)[CH]([Zr]([CH]2C=C(c3cc(C)c(C)c(C)c3C)c3ccccc32)=[Si](C)C)C(C)=C1C. The quantitative estimate of drug-likeness (QED) is 0.357. The summed E-state index contributed by atoms with van der Waals surface area (Å²) in [7, 11) is 0. The van der Waals surface area contributed by atoms with Crippen LogP contribution in [-0.4, -0.2) is 5.43 Å². The van der Waals surface area contributed by atoms with Crippen LogP contribution in [0.5, 0.6) is 0 Å². The third-order valence-corrected chi connectivity index (χ3v) is 28.2. The van der Waals surface area contributed by atoms with Crippen LogP contribution in [0.2, 0.25) is 16.7 Å². The van der Waals surface area contributed by atoms with E-state index in [-0.39, 0.29) is 5.43 Å². The summed E-state index contributed by atoms with van der Waals surface area (Å²) in [6, 6.07) is 11.8. The van der Waals surface area contributed by atoms with Crippen LogP contribution >= 0.6 is 0 Å². The standard InChI is InChI=1S/C19H19.C9H13.C2H6Si.Zr/c1-12-11-19(15(4)14(3)13(12)2)18-10-9-16-7-5-6-8-17(16)18;1-6-5-7(2)9(4)8(6)3;1-3-2;/h5-11H,1-4H3;5H,1-4H3;1-2H3;. The van der Waals surface area contributed by atoms with Crippen molar-refractivity contribution in [3.05, 3.63) is 97.6 Å². The van der Waals surface area contributed by atoms with Gasteiger partial charge < -0.3 is 0 Å². The van der Waals surface area contributed by atoms with E-state index in [1.807, 2.05) is 0 Å². The first-order chi connectivity index (χ1) is 15.1. The Morgan fingerprint density at radius 3 is 1.91 bits per heavy atom. The van der Waals surface area contributed by atoms with Gasteiger partial charge in [0.2, 0.25) is 0 Å². The first-order valence-corrected chi connectivity index (χ1v) is 21.0. The molecule has 0 heterocycles. The Kier molecular flexibility index (Phi) is 6.61. The minimum atomic E-state index is -1.90. The molecule has 0 amide bonds. The van der Waals surface area contributed by atoms with Crippen molar-refractivity contribution in [2.75, 3.05) is 0 Å². The number of benzene rings is 2. The molecule has 0 fully saturated rings. The molecule has 0 saturated carbocycles. The molecule has 1 atom stereocenters. The number of fused-ring (bicyclic) bond motifs is 1. The van der Waals surface area contributed by atoms with Gasteiger partial charge in [0.05, 0.1) is 0 Å². The molecule has 2 aromatic carbocycles. The van der Waals surface area contributed by atoms with Crippen molar-refractivity contribution < 1.29 is 20.4 Å². The fourth-order valence-electron chi connectivity index (χ4n) is 5.94. The summed E-state index contributed by atoms with van der Waals surface area (Å²) in [6.07, 6.45) is 2.73. The number of aryl methyl sites for hydroxylation is 1. The van der Waals surface area contributed by atoms with Crippen molar-refractivity contribution in [3.8, 4) is 0 Å². The van der Waals surface area contributed by atoms with Crippen LogP contribution < -0.4 is 0 Å². The van der Waals surface area contributed by atoms with Crippen LogP contribution in [0, 0.1) is 27.7 Å². The van der Waals surface area contributed by atoms with Crippen molar-refractivity contribution in [2.45, 2.75) is 75.7 Å². The molecule has 0 aliphatic heterocycles. The first-order valence-electron chi connectivity index (χ1n) is 12.0. The van der Waals surface area contributed by atoms with E-state index in [4.69, 9.17) is 0 Å². The van der Waals surface area contributed by atoms with Gasteiger partial charge in [-0.3, -0.25) is 0 Å². The Labute approximate surface area is 203 Å². The Bertz CT molecular complexity index is 1240. The fraction of sp³-hybridized carbons (Fsp3) is 0.400. The second-order valence-electron chi connectivity index (χ2n) is 10.3. The molecule has 0 N–H and O–H groups in total. The summed E-state index contributed by atoms with van der Waals surface area (Å²) in [4.78, 5) is 0. The molecular weight excluding hydrogens is 480 g/mol. The molecule has 0 spiro atoms. The van der Waals surface area contributed by atoms with Gasteiger partial charge in [-0.25, -0.2) is 0 Å². The monoisotopic (exact) mass is 516 g/mol. The molecule has 2 aromatic rings. The zero-order valence-corrected chi connectivity index (χ0v) is 25.1. The molecule has 2 aliphatic carbocycles. The molecule has 1 unspecified atom stereocenters. The van der Waals surface area contributed by atoms with Crippen molar-refractivity contribution in [3.63, 3.8) is 0 Å². The van der Waals surface area contributed by atoms with Gasteiger partial charge in [0.15, 0.2) is 0 Å². The number of hydrogen-bond donors (Lipinski definition) is 0. The summed E-state index contributed by atoms with van der Waals surface area (Å²) >= 11 is -1.90. The molecule has 0 radical (unpaired) electrons. The molecular formula is C30H38SiZr. The van der Waals surface area contributed by atoms with Crippen LogP contribution in [0.15, 0.2) is 58.7 Å². The normalized spacial score (nSPS) is 18.4. The molecule has 166 valence electrons. The summed E-state index contributed by atoms with van der Waals surface area (Å²) in [5, 5.41) is 0. The van der Waals surface area contributed by atoms with E-state index in [0.29, 0.717) is 3.63 Å². The number of hydrogen-bond acceptors (Lipinski definition) is 0. The van der Waals surface area contributed by atoms with Gasteiger partial charge in [0, 0.05) is 0 Å². The van der Waals surface area contributed by atoms with Gasteiger partial charge in [-0.2, -0.15) is 0 Å². The van der Waals surface area contributed by atoms with Crippen LogP contribution in [0.3, 0.4) is 0 Å². The molecule has 0 bridgehead atoms. The van der Waals surface area contributed by atoms with Gasteiger partial charge in [-0.15, -0.1) is 0 Å². The second-order valence-corrected chi connectivity index (χ2v) is 28.2. The fourth-order valence-corrected chi connectivity index (χ4v) is 26.5. The third-order valence-electron chi connectivity index (χ3n) is 8.53. The topological polar surface area (TPSA) is 0 Å². The summed E-state index contributed by atoms with van der Waals surface area (Å²) in [5.41, 5.74) is 18.0. The van der Waals surface area contributed by atoms with E-state index in [0.717, 1.165) is 3.63 Å². The number of rotatable bonds is 3. The summed E-state index contributed by atoms with van der Waals surface area (Å²) < 4.78 is 1.46. The molecule has 0 nitrogen and oxygen atoms in total. The molecule has 32 heavy (non-hydrogen) atoms. The second kappa shape index (κ2) is 8.84. The molecule has 2 heteroatoms. The zero-order chi connectivity index (χ0) is 23.5. The Balaban J connectivity index is 1.95. The van der Waals surface area contributed by atoms with Crippen LogP contribution in [-0.2, 0) is 20.4 Å². The average Bonchev–Trinajstić information content (AvgIpc) is 3.22. The Morgan fingerprint density at radius 2 is 1.31 bits per heavy atom. The van der Waals surface area contributed by atoms with E-state index < -0.39 is 20.4 Å². The van der Waals surface area contributed by atoms with Gasteiger partial charge in [-0.1, -0.05) is 0 Å². The molecule has 4 rings (SSSR count). The van der Waals surface area contributed by atoms with E-state index >= 15 is 0 Å². The minimum absolute atomic E-state index is 0.345. The van der Waals surface area contributed by atoms with Crippen molar-refractivity contribution in [1.29, 1.82) is 0 Å². The first kappa shape index (κ1) is 23.9. The Hall–Kier alpha value is -1.24. The zero-order valence-electron chi connectivity index (χ0n) is 21.6. The van der Waals surface area contributed by atoms with E-state index in [1.165, 1.54) is 39.0 Å². The molecule has 0 saturated heterocycles. The van der Waals surface area contributed by atoms with E-state index in [1.54, 1.807) is 27.9 Å². The van der Waals surface area contributed by atoms with Gasteiger partial charge >= 0.3 is 205 Å². The Morgan fingerprint density at radius 1 is 0.719 bits per heavy atom. The predicted octanol–water partition coefficient (Wildman–Crippen LogP) is 8.75. The van der Waals surface area contributed by atoms with E-state index in [9.17, 15) is 0 Å². The van der Waals surface area contributed by atoms with Crippen LogP contribution in [0.1, 0.15) is 70.3 Å². The predicted molar refractivity (Wildman–Crippen MR) is 140 cm³/mol. The number of allylic oxidation sites excluding steroid dienone is 5. The van der Waals surface area contributed by atoms with Crippen molar-refractivity contribution in [2.24, 2.45) is 0 Å². The maximum absolute atomic E-state index is 2.73. The van der Waals surface area contributed by atoms with Crippen molar-refractivity contribution in [1.82, 2.24) is 0 Å². The maximum atomic E-state index is 2.73. The summed E-state index contributed by atoms with van der Waals surface area (Å²) in [5.74, 6) is 0. The third kappa shape index (κ3) is 3.67. The summed E-state index contributed by atoms with van der Waals surface area (Å²) in [6.45, 7) is 24.0. The molecule has 2 aliphatic rings. The van der Waals surface area contributed by atoms with Crippen molar-refractivity contribution >= 4 is 11.0 Å². The molecule has 0 aromatic heterocycles. The van der Waals surface area contributed by atoms with Gasteiger partial charge in [0.1, 0.15) is 0 Å². The average molecular weight is 518 g/mol. The van der Waals surface area contributed by atoms with Crippen LogP contribution in [0.25, 0.3) is 5.57 Å².